The molecule has 1 saturated carbocycles. The van der Waals surface area contributed by atoms with Gasteiger partial charge < -0.3 is 15.2 Å². The summed E-state index contributed by atoms with van der Waals surface area (Å²) in [5, 5.41) is 10.2. The highest BCUT2D eigenvalue weighted by Crippen LogP contribution is 2.44. The standard InChI is InChI=1S/C19H24F3N5O.HI/c1-3-23-17(24-11-16-26-13(2)28-27-16)25-12-18(8-5-9-18)14-6-4-7-15(10-14)19(20,21)22;/h4,6-7,10H,3,5,8-9,11-12H2,1-2H3,(H2,23,24,25);1H. The Morgan fingerprint density at radius 3 is 2.59 bits per heavy atom. The fourth-order valence-electron chi connectivity index (χ4n) is 3.35. The number of aliphatic imine (C=N–C) groups is 1. The van der Waals surface area contributed by atoms with Crippen LogP contribution in [0.15, 0.2) is 33.8 Å². The van der Waals surface area contributed by atoms with Crippen LogP contribution in [0.3, 0.4) is 0 Å². The first kappa shape index (κ1) is 23.4. The molecule has 10 heteroatoms. The van der Waals surface area contributed by atoms with Crippen LogP contribution in [0.1, 0.15) is 49.0 Å². The van der Waals surface area contributed by atoms with E-state index < -0.39 is 11.7 Å². The van der Waals surface area contributed by atoms with E-state index >= 15 is 0 Å². The maximum absolute atomic E-state index is 13.1. The lowest BCUT2D eigenvalue weighted by Gasteiger charge is -2.43. The topological polar surface area (TPSA) is 75.3 Å². The molecule has 2 N–H and O–H groups in total. The summed E-state index contributed by atoms with van der Waals surface area (Å²) < 4.78 is 44.2. The Kier molecular flexibility index (Phi) is 7.89. The minimum Gasteiger partial charge on any atom is -0.357 e. The smallest absolute Gasteiger partial charge is 0.357 e. The molecule has 0 spiro atoms. The molecule has 0 saturated heterocycles. The van der Waals surface area contributed by atoms with Crippen LogP contribution >= 0.6 is 24.0 Å². The van der Waals surface area contributed by atoms with E-state index in [0.717, 1.165) is 25.3 Å². The van der Waals surface area contributed by atoms with Crippen molar-refractivity contribution in [3.05, 3.63) is 47.1 Å². The van der Waals surface area contributed by atoms with E-state index in [4.69, 9.17) is 4.52 Å². The Morgan fingerprint density at radius 1 is 1.28 bits per heavy atom. The van der Waals surface area contributed by atoms with Crippen LogP contribution in [0.25, 0.3) is 0 Å². The first-order valence-corrected chi connectivity index (χ1v) is 9.31. The molecule has 29 heavy (non-hydrogen) atoms. The van der Waals surface area contributed by atoms with E-state index in [0.29, 0.717) is 36.3 Å². The molecule has 0 radical (unpaired) electrons. The van der Waals surface area contributed by atoms with Crippen LogP contribution in [0.4, 0.5) is 13.2 Å². The van der Waals surface area contributed by atoms with E-state index in [1.807, 2.05) is 6.92 Å². The van der Waals surface area contributed by atoms with Gasteiger partial charge in [0.05, 0.1) is 5.56 Å². The minimum atomic E-state index is -4.34. The third-order valence-electron chi connectivity index (χ3n) is 5.00. The quantitative estimate of drug-likeness (QED) is 0.338. The fourth-order valence-corrected chi connectivity index (χ4v) is 3.35. The second-order valence-corrected chi connectivity index (χ2v) is 6.99. The molecule has 1 fully saturated rings. The Hall–Kier alpha value is -1.85. The first-order chi connectivity index (χ1) is 13.3. The molecule has 3 rings (SSSR count). The Morgan fingerprint density at radius 2 is 2.03 bits per heavy atom. The number of guanidine groups is 1. The predicted octanol–water partition coefficient (Wildman–Crippen LogP) is 4.19. The Bertz CT molecular complexity index is 833. The SMILES string of the molecule is CCNC(=NCc1noc(C)n1)NCC1(c2cccc(C(F)(F)F)c2)CCC1.I. The first-order valence-electron chi connectivity index (χ1n) is 9.31. The number of aromatic nitrogens is 2. The number of aryl methyl sites for hydroxylation is 1. The molecule has 2 aromatic rings. The summed E-state index contributed by atoms with van der Waals surface area (Å²) in [5.74, 6) is 1.52. The lowest BCUT2D eigenvalue weighted by molar-refractivity contribution is -0.137. The van der Waals surface area contributed by atoms with Gasteiger partial charge in [0, 0.05) is 25.4 Å². The average Bonchev–Trinajstić information content (AvgIpc) is 3.03. The second kappa shape index (κ2) is 9.77. The lowest BCUT2D eigenvalue weighted by Crippen LogP contribution is -2.49. The number of hydrogen-bond acceptors (Lipinski definition) is 4. The average molecular weight is 523 g/mol. The molecular formula is C19H25F3IN5O. The van der Waals surface area contributed by atoms with Crippen LogP contribution < -0.4 is 10.6 Å². The van der Waals surface area contributed by atoms with Crippen molar-refractivity contribution in [3.8, 4) is 0 Å². The van der Waals surface area contributed by atoms with Gasteiger partial charge in [-0.1, -0.05) is 29.8 Å². The monoisotopic (exact) mass is 523 g/mol. The summed E-state index contributed by atoms with van der Waals surface area (Å²) in [7, 11) is 0. The van der Waals surface area contributed by atoms with Crippen molar-refractivity contribution in [3.63, 3.8) is 0 Å². The summed E-state index contributed by atoms with van der Waals surface area (Å²) in [6, 6.07) is 5.65. The number of halogens is 4. The van der Waals surface area contributed by atoms with Gasteiger partial charge in [0.1, 0.15) is 6.54 Å². The molecule has 0 atom stereocenters. The van der Waals surface area contributed by atoms with Crippen molar-refractivity contribution < 1.29 is 17.7 Å². The van der Waals surface area contributed by atoms with Crippen molar-refractivity contribution in [1.29, 1.82) is 0 Å². The zero-order valence-corrected chi connectivity index (χ0v) is 18.7. The number of alkyl halides is 3. The molecule has 1 aliphatic carbocycles. The highest BCUT2D eigenvalue weighted by Gasteiger charge is 2.40. The normalized spacial score (nSPS) is 16.0. The maximum Gasteiger partial charge on any atom is 0.416 e. The van der Waals surface area contributed by atoms with Gasteiger partial charge in [0.25, 0.3) is 0 Å². The molecule has 0 aliphatic heterocycles. The van der Waals surface area contributed by atoms with Crippen LogP contribution in [0, 0.1) is 6.92 Å². The van der Waals surface area contributed by atoms with Crippen molar-refractivity contribution in [1.82, 2.24) is 20.8 Å². The zero-order chi connectivity index (χ0) is 20.2. The van der Waals surface area contributed by atoms with Gasteiger partial charge in [0.2, 0.25) is 5.89 Å². The van der Waals surface area contributed by atoms with Gasteiger partial charge in [0.15, 0.2) is 11.8 Å². The van der Waals surface area contributed by atoms with Gasteiger partial charge >= 0.3 is 6.18 Å². The van der Waals surface area contributed by atoms with E-state index in [1.165, 1.54) is 12.1 Å². The molecular weight excluding hydrogens is 498 g/mol. The largest absolute Gasteiger partial charge is 0.416 e. The number of nitrogens with one attached hydrogen (secondary N) is 2. The predicted molar refractivity (Wildman–Crippen MR) is 114 cm³/mol. The summed E-state index contributed by atoms with van der Waals surface area (Å²) in [6.45, 7) is 5.07. The van der Waals surface area contributed by atoms with Crippen molar-refractivity contribution >= 4 is 29.9 Å². The molecule has 0 bridgehead atoms. The highest BCUT2D eigenvalue weighted by molar-refractivity contribution is 14.0. The third kappa shape index (κ3) is 5.83. The fraction of sp³-hybridized carbons (Fsp3) is 0.526. The van der Waals surface area contributed by atoms with Gasteiger partial charge in [-0.25, -0.2) is 4.99 Å². The lowest BCUT2D eigenvalue weighted by atomic mass is 9.64. The Labute approximate surface area is 184 Å². The minimum absolute atomic E-state index is 0. The summed E-state index contributed by atoms with van der Waals surface area (Å²) in [4.78, 5) is 8.55. The number of nitrogens with zero attached hydrogens (tertiary/aromatic N) is 3. The van der Waals surface area contributed by atoms with E-state index in [-0.39, 0.29) is 35.9 Å². The Balaban J connectivity index is 0.00000300. The molecule has 6 nitrogen and oxygen atoms in total. The number of benzene rings is 1. The highest BCUT2D eigenvalue weighted by atomic mass is 127. The summed E-state index contributed by atoms with van der Waals surface area (Å²) in [5.41, 5.74) is -0.213. The molecule has 1 aromatic heterocycles. The molecule has 1 aromatic carbocycles. The van der Waals surface area contributed by atoms with Crippen molar-refractivity contribution in [2.45, 2.75) is 51.2 Å². The van der Waals surface area contributed by atoms with Crippen molar-refractivity contribution in [2.24, 2.45) is 4.99 Å². The summed E-state index contributed by atoms with van der Waals surface area (Å²) >= 11 is 0. The van der Waals surface area contributed by atoms with E-state index in [1.54, 1.807) is 13.0 Å². The third-order valence-corrected chi connectivity index (χ3v) is 5.00. The van der Waals surface area contributed by atoms with Gasteiger partial charge in [-0.15, -0.1) is 24.0 Å². The van der Waals surface area contributed by atoms with Gasteiger partial charge in [-0.3, -0.25) is 0 Å². The van der Waals surface area contributed by atoms with Crippen molar-refractivity contribution in [2.75, 3.05) is 13.1 Å². The molecule has 1 aliphatic rings. The summed E-state index contributed by atoms with van der Waals surface area (Å²) in [6.07, 6.45) is -1.67. The molecule has 160 valence electrons. The van der Waals surface area contributed by atoms with Crippen LogP contribution in [-0.2, 0) is 18.1 Å². The number of hydrogen-bond donors (Lipinski definition) is 2. The van der Waals surface area contributed by atoms with Crippen LogP contribution in [0.2, 0.25) is 0 Å². The van der Waals surface area contributed by atoms with Crippen LogP contribution in [0.5, 0.6) is 0 Å². The van der Waals surface area contributed by atoms with Gasteiger partial charge in [-0.05, 0) is 31.4 Å². The zero-order valence-electron chi connectivity index (χ0n) is 16.3. The van der Waals surface area contributed by atoms with E-state index in [2.05, 4.69) is 25.8 Å². The van der Waals surface area contributed by atoms with Gasteiger partial charge in [-0.2, -0.15) is 18.2 Å². The number of rotatable bonds is 6. The molecule has 0 unspecified atom stereocenters. The second-order valence-electron chi connectivity index (χ2n) is 6.99. The van der Waals surface area contributed by atoms with E-state index in [9.17, 15) is 13.2 Å². The molecule has 1 heterocycles. The molecule has 0 amide bonds. The van der Waals surface area contributed by atoms with Crippen LogP contribution in [-0.4, -0.2) is 29.2 Å². The maximum atomic E-state index is 13.1.